The molecule has 0 aromatic heterocycles. The van der Waals surface area contributed by atoms with Gasteiger partial charge >= 0.3 is 0 Å². The molecule has 21 heavy (non-hydrogen) atoms. The monoisotopic (exact) mass is 311 g/mol. The number of hydrogen-bond donors (Lipinski definition) is 3. The van der Waals surface area contributed by atoms with Crippen LogP contribution in [0.1, 0.15) is 19.3 Å². The number of carbonyl (C=O) groups excluding carboxylic acids is 1. The van der Waals surface area contributed by atoms with E-state index in [9.17, 15) is 9.90 Å². The minimum absolute atomic E-state index is 0.0442. The highest BCUT2D eigenvalue weighted by molar-refractivity contribution is 6.33. The highest BCUT2D eigenvalue weighted by atomic mass is 35.5. The summed E-state index contributed by atoms with van der Waals surface area (Å²) in [5, 5.41) is 12.5. The molecule has 1 aliphatic rings. The molecular formula is C15H22ClN3O2. The lowest BCUT2D eigenvalue weighted by atomic mass is 9.82. The predicted molar refractivity (Wildman–Crippen MR) is 85.3 cm³/mol. The molecule has 0 aliphatic heterocycles. The first kappa shape index (κ1) is 16.1. The van der Waals surface area contributed by atoms with Gasteiger partial charge in [0.1, 0.15) is 0 Å². The number of amides is 1. The van der Waals surface area contributed by atoms with E-state index in [2.05, 4.69) is 10.2 Å². The first-order chi connectivity index (χ1) is 9.94. The Kier molecular flexibility index (Phi) is 5.45. The van der Waals surface area contributed by atoms with Crippen molar-refractivity contribution in [2.24, 2.45) is 5.92 Å². The third kappa shape index (κ3) is 4.88. The molecule has 0 unspecified atom stereocenters. The van der Waals surface area contributed by atoms with Crippen molar-refractivity contribution in [3.8, 4) is 0 Å². The summed E-state index contributed by atoms with van der Waals surface area (Å²) in [5.74, 6) is 0.515. The Balaban J connectivity index is 1.70. The average Bonchev–Trinajstić information content (AvgIpc) is 2.39. The molecule has 0 heterocycles. The summed E-state index contributed by atoms with van der Waals surface area (Å²) >= 11 is 5.84. The van der Waals surface area contributed by atoms with Gasteiger partial charge < -0.3 is 21.1 Å². The summed E-state index contributed by atoms with van der Waals surface area (Å²) in [5.41, 5.74) is 6.81. The van der Waals surface area contributed by atoms with Crippen LogP contribution < -0.4 is 11.1 Å². The number of benzene rings is 1. The van der Waals surface area contributed by atoms with Gasteiger partial charge in [-0.3, -0.25) is 4.79 Å². The van der Waals surface area contributed by atoms with Gasteiger partial charge in [0.25, 0.3) is 0 Å². The maximum absolute atomic E-state index is 11.9. The van der Waals surface area contributed by atoms with Crippen molar-refractivity contribution in [2.45, 2.75) is 25.4 Å². The molecule has 6 heteroatoms. The number of carbonyl (C=O) groups is 1. The summed E-state index contributed by atoms with van der Waals surface area (Å²) in [6.45, 7) is 1.62. The van der Waals surface area contributed by atoms with Crippen molar-refractivity contribution >= 4 is 28.9 Å². The van der Waals surface area contributed by atoms with Crippen molar-refractivity contribution in [1.29, 1.82) is 0 Å². The lowest BCUT2D eigenvalue weighted by molar-refractivity contribution is -0.116. The summed E-state index contributed by atoms with van der Waals surface area (Å²) in [6, 6.07) is 5.05. The Morgan fingerprint density at radius 1 is 1.52 bits per heavy atom. The van der Waals surface area contributed by atoms with Crippen LogP contribution in [0.5, 0.6) is 0 Å². The number of anilines is 2. The van der Waals surface area contributed by atoms with Gasteiger partial charge in [-0.15, -0.1) is 0 Å². The van der Waals surface area contributed by atoms with Crippen molar-refractivity contribution < 1.29 is 9.90 Å². The normalized spacial score (nSPS) is 21.1. The van der Waals surface area contributed by atoms with Gasteiger partial charge in [-0.2, -0.15) is 0 Å². The smallest absolute Gasteiger partial charge is 0.225 e. The molecule has 1 aliphatic carbocycles. The second-order valence-corrected chi connectivity index (χ2v) is 6.20. The summed E-state index contributed by atoms with van der Waals surface area (Å²) in [4.78, 5) is 14.0. The SMILES string of the molecule is CN(CCC(=O)Nc1ccc(Cl)c(N)c1)CC1CC(O)C1. The topological polar surface area (TPSA) is 78.6 Å². The van der Waals surface area contributed by atoms with Gasteiger partial charge in [0, 0.05) is 25.2 Å². The Morgan fingerprint density at radius 2 is 2.24 bits per heavy atom. The van der Waals surface area contributed by atoms with Crippen LogP contribution in [0.3, 0.4) is 0 Å². The number of nitrogens with two attached hydrogens (primary N) is 1. The largest absolute Gasteiger partial charge is 0.397 e. The lowest BCUT2D eigenvalue weighted by Gasteiger charge is -2.34. The number of nitrogen functional groups attached to an aromatic ring is 1. The van der Waals surface area contributed by atoms with E-state index in [4.69, 9.17) is 17.3 Å². The molecule has 0 radical (unpaired) electrons. The fourth-order valence-electron chi connectivity index (χ4n) is 2.52. The van der Waals surface area contributed by atoms with Crippen LogP contribution >= 0.6 is 11.6 Å². The van der Waals surface area contributed by atoms with Gasteiger partial charge in [0.15, 0.2) is 0 Å². The van der Waals surface area contributed by atoms with E-state index >= 15 is 0 Å². The van der Waals surface area contributed by atoms with E-state index in [0.717, 1.165) is 19.4 Å². The minimum Gasteiger partial charge on any atom is -0.397 e. The van der Waals surface area contributed by atoms with Gasteiger partial charge in [-0.25, -0.2) is 0 Å². The Morgan fingerprint density at radius 3 is 2.86 bits per heavy atom. The molecule has 0 bridgehead atoms. The van der Waals surface area contributed by atoms with E-state index in [1.165, 1.54) is 0 Å². The highest BCUT2D eigenvalue weighted by Crippen LogP contribution is 2.27. The number of aliphatic hydroxyl groups excluding tert-OH is 1. The lowest BCUT2D eigenvalue weighted by Crippen LogP contribution is -2.38. The molecule has 0 spiro atoms. The molecule has 116 valence electrons. The van der Waals surface area contributed by atoms with Crippen LogP contribution in [0.2, 0.25) is 5.02 Å². The molecule has 2 rings (SSSR count). The summed E-state index contributed by atoms with van der Waals surface area (Å²) < 4.78 is 0. The maximum atomic E-state index is 11.9. The Labute approximate surface area is 130 Å². The van der Waals surface area contributed by atoms with Crippen LogP contribution in [0, 0.1) is 5.92 Å². The molecule has 1 amide bonds. The zero-order chi connectivity index (χ0) is 15.4. The van der Waals surface area contributed by atoms with E-state index in [1.54, 1.807) is 18.2 Å². The molecule has 0 saturated heterocycles. The van der Waals surface area contributed by atoms with Gasteiger partial charge in [-0.1, -0.05) is 11.6 Å². The second kappa shape index (κ2) is 7.11. The zero-order valence-electron chi connectivity index (χ0n) is 12.2. The Bertz CT molecular complexity index is 504. The maximum Gasteiger partial charge on any atom is 0.225 e. The highest BCUT2D eigenvalue weighted by Gasteiger charge is 2.27. The Hall–Kier alpha value is -1.30. The van der Waals surface area contributed by atoms with Crippen LogP contribution in [-0.2, 0) is 4.79 Å². The van der Waals surface area contributed by atoms with E-state index in [0.29, 0.717) is 35.3 Å². The molecular weight excluding hydrogens is 290 g/mol. The van der Waals surface area contributed by atoms with Crippen molar-refractivity contribution in [3.63, 3.8) is 0 Å². The summed E-state index contributed by atoms with van der Waals surface area (Å²) in [6.07, 6.45) is 2.05. The molecule has 1 fully saturated rings. The first-order valence-corrected chi connectivity index (χ1v) is 7.53. The number of nitrogens with zero attached hydrogens (tertiary/aromatic N) is 1. The molecule has 0 atom stereocenters. The fraction of sp³-hybridized carbons (Fsp3) is 0.533. The minimum atomic E-state index is -0.123. The number of rotatable bonds is 6. The van der Waals surface area contributed by atoms with Crippen molar-refractivity contribution in [1.82, 2.24) is 4.90 Å². The predicted octanol–water partition coefficient (Wildman–Crippen LogP) is 1.95. The molecule has 1 aromatic rings. The van der Waals surface area contributed by atoms with Crippen LogP contribution in [0.25, 0.3) is 0 Å². The van der Waals surface area contributed by atoms with E-state index < -0.39 is 0 Å². The third-order valence-electron chi connectivity index (χ3n) is 3.78. The number of nitrogens with one attached hydrogen (secondary N) is 1. The average molecular weight is 312 g/mol. The number of halogens is 1. The van der Waals surface area contributed by atoms with Gasteiger partial charge in [0.2, 0.25) is 5.91 Å². The van der Waals surface area contributed by atoms with Crippen LogP contribution in [0.4, 0.5) is 11.4 Å². The summed E-state index contributed by atoms with van der Waals surface area (Å²) in [7, 11) is 2.00. The molecule has 4 N–H and O–H groups in total. The standard InChI is InChI=1S/C15H22ClN3O2/c1-19(9-10-6-12(20)7-10)5-4-15(21)18-11-2-3-13(16)14(17)8-11/h2-3,8,10,12,20H,4-7,9,17H2,1H3,(H,18,21). The molecule has 5 nitrogen and oxygen atoms in total. The quantitative estimate of drug-likeness (QED) is 0.702. The van der Waals surface area contributed by atoms with Crippen molar-refractivity contribution in [3.05, 3.63) is 23.2 Å². The van der Waals surface area contributed by atoms with Gasteiger partial charge in [0.05, 0.1) is 16.8 Å². The van der Waals surface area contributed by atoms with Crippen molar-refractivity contribution in [2.75, 3.05) is 31.2 Å². The number of hydrogen-bond acceptors (Lipinski definition) is 4. The van der Waals surface area contributed by atoms with E-state index in [-0.39, 0.29) is 12.0 Å². The van der Waals surface area contributed by atoms with Crippen LogP contribution in [-0.4, -0.2) is 42.2 Å². The van der Waals surface area contributed by atoms with Crippen LogP contribution in [0.15, 0.2) is 18.2 Å². The second-order valence-electron chi connectivity index (χ2n) is 5.79. The molecule has 1 saturated carbocycles. The first-order valence-electron chi connectivity index (χ1n) is 7.15. The third-order valence-corrected chi connectivity index (χ3v) is 4.13. The zero-order valence-corrected chi connectivity index (χ0v) is 12.9. The molecule has 1 aromatic carbocycles. The fourth-order valence-corrected chi connectivity index (χ4v) is 2.64. The van der Waals surface area contributed by atoms with E-state index in [1.807, 2.05) is 7.05 Å². The number of aliphatic hydroxyl groups is 1. The van der Waals surface area contributed by atoms with Gasteiger partial charge in [-0.05, 0) is 44.0 Å².